The van der Waals surface area contributed by atoms with Gasteiger partial charge in [0.2, 0.25) is 0 Å². The van der Waals surface area contributed by atoms with Gasteiger partial charge in [-0.05, 0) is 7.05 Å². The fourth-order valence-electron chi connectivity index (χ4n) is 0.349. The topological polar surface area (TPSA) is 170 Å². The summed E-state index contributed by atoms with van der Waals surface area (Å²) in [6.07, 6.45) is 0. The molecule has 0 bridgehead atoms. The van der Waals surface area contributed by atoms with Crippen molar-refractivity contribution in [3.05, 3.63) is 0 Å². The molecule has 0 saturated carbocycles. The second-order valence-corrected chi connectivity index (χ2v) is 1.64. The fraction of sp³-hybridized carbons (Fsp3) is 1.00. The van der Waals surface area contributed by atoms with E-state index in [-0.39, 0.29) is 0 Å². The van der Waals surface area contributed by atoms with Crippen molar-refractivity contribution in [3.8, 4) is 0 Å². The molecule has 0 unspecified atom stereocenters. The van der Waals surface area contributed by atoms with Crippen molar-refractivity contribution in [1.82, 2.24) is 66.3 Å². The van der Waals surface area contributed by atoms with E-state index in [1.54, 1.807) is 7.05 Å². The largest absolute Gasteiger partial charge is 0.257 e. The maximum absolute atomic E-state index is 4.87. The molecule has 0 atom stereocenters. The molecule has 14 N–H and O–H groups in total. The summed E-state index contributed by atoms with van der Waals surface area (Å²) in [7, 11) is 1.70. The van der Waals surface area contributed by atoms with Crippen LogP contribution in [-0.4, -0.2) is 7.05 Å². The van der Waals surface area contributed by atoms with E-state index >= 15 is 0 Å². The van der Waals surface area contributed by atoms with Crippen LogP contribution in [0.5, 0.6) is 0 Å². The molecule has 0 aromatic rings. The lowest BCUT2D eigenvalue weighted by Crippen LogP contribution is -2.67. The van der Waals surface area contributed by atoms with Gasteiger partial charge in [0, 0.05) is 0 Å². The minimum atomic E-state index is 1.70. The Morgan fingerprint density at radius 2 is 0.929 bits per heavy atom. The zero-order valence-electron chi connectivity index (χ0n) is 7.58. The van der Waals surface area contributed by atoms with Crippen molar-refractivity contribution < 1.29 is 0 Å². The lowest BCUT2D eigenvalue weighted by molar-refractivity contribution is 0.220. The molecule has 0 aromatic heterocycles. The van der Waals surface area contributed by atoms with Crippen LogP contribution < -0.4 is 72.2 Å². The minimum absolute atomic E-state index is 1.70. The van der Waals surface area contributed by atoms with Crippen LogP contribution in [0.15, 0.2) is 0 Å². The number of nitrogens with one attached hydrogen (secondary N) is 12. The number of hydrazine groups is 12. The third-order valence-electron chi connectivity index (χ3n) is 0.760. The zero-order chi connectivity index (χ0) is 10.5. The number of rotatable bonds is 11. The lowest BCUT2D eigenvalue weighted by Gasteiger charge is -2.12. The van der Waals surface area contributed by atoms with E-state index in [9.17, 15) is 0 Å². The van der Waals surface area contributed by atoms with Crippen molar-refractivity contribution in [2.75, 3.05) is 7.05 Å². The van der Waals surface area contributed by atoms with Gasteiger partial charge in [0.1, 0.15) is 0 Å². The molecule has 0 aliphatic rings. The van der Waals surface area contributed by atoms with Crippen molar-refractivity contribution in [2.24, 2.45) is 5.84 Å². The predicted octanol–water partition coefficient (Wildman–Crippen LogP) is -6.37. The summed E-state index contributed by atoms with van der Waals surface area (Å²) < 4.78 is 0. The maximum atomic E-state index is 4.87. The maximum Gasteiger partial charge on any atom is -0.000111 e. The first-order valence-corrected chi connectivity index (χ1v) is 3.54. The summed E-state index contributed by atoms with van der Waals surface area (Å²) in [4.78, 5) is 0. The average molecular weight is 211 g/mol. The van der Waals surface area contributed by atoms with Crippen LogP contribution in [0.2, 0.25) is 0 Å². The predicted molar refractivity (Wildman–Crippen MR) is 47.7 cm³/mol. The van der Waals surface area contributed by atoms with Crippen molar-refractivity contribution in [2.45, 2.75) is 0 Å². The summed E-state index contributed by atoms with van der Waals surface area (Å²) >= 11 is 0. The molecule has 0 rings (SSSR count). The van der Waals surface area contributed by atoms with Crippen molar-refractivity contribution in [3.63, 3.8) is 0 Å². The van der Waals surface area contributed by atoms with Gasteiger partial charge in [0.15, 0.2) is 0 Å². The monoisotopic (exact) mass is 211 g/mol. The molecular formula is CH17N13. The first-order valence-electron chi connectivity index (χ1n) is 3.54. The Balaban J connectivity index is 2.78. The number of hydrogen-bond donors (Lipinski definition) is 13. The van der Waals surface area contributed by atoms with Crippen molar-refractivity contribution >= 4 is 0 Å². The second-order valence-electron chi connectivity index (χ2n) is 1.64. The third kappa shape index (κ3) is 11.5. The number of nitrogens with two attached hydrogens (primary N) is 1. The molecule has 13 nitrogen and oxygen atoms in total. The smallest absolute Gasteiger partial charge is 0.000111 e. The van der Waals surface area contributed by atoms with Gasteiger partial charge in [0.05, 0.1) is 0 Å². The molecule has 0 aromatic carbocycles. The Bertz CT molecular complexity index is 79.2. The standard InChI is InChI=1S/CH17N13/c1-3-5-7-9-11-13-14-12-10-8-6-4-2/h3-14H,2H2,1H3. The molecule has 0 fully saturated rings. The van der Waals surface area contributed by atoms with Gasteiger partial charge in [-0.25, -0.2) is 5.43 Å². The first kappa shape index (κ1) is 13.5. The zero-order valence-corrected chi connectivity index (χ0v) is 7.58. The Morgan fingerprint density at radius 1 is 0.571 bits per heavy atom. The molecule has 0 spiro atoms. The fourth-order valence-corrected chi connectivity index (χ4v) is 0.349. The molecule has 14 heavy (non-hydrogen) atoms. The van der Waals surface area contributed by atoms with E-state index in [1.165, 1.54) is 0 Å². The van der Waals surface area contributed by atoms with Gasteiger partial charge in [-0.3, -0.25) is 5.84 Å². The average Bonchev–Trinajstić information content (AvgIpc) is 2.21. The highest BCUT2D eigenvalue weighted by Crippen LogP contribution is 1.26. The molecule has 0 saturated heterocycles. The summed E-state index contributed by atoms with van der Waals surface area (Å²) in [5, 5.41) is 0. The van der Waals surface area contributed by atoms with Crippen LogP contribution in [-0.2, 0) is 0 Å². The van der Waals surface area contributed by atoms with Crippen LogP contribution in [0.3, 0.4) is 0 Å². The molecule has 0 amide bonds. The third-order valence-corrected chi connectivity index (χ3v) is 0.760. The van der Waals surface area contributed by atoms with Gasteiger partial charge < -0.3 is 0 Å². The molecule has 13 heteroatoms. The Labute approximate surface area is 80.3 Å². The van der Waals surface area contributed by atoms with E-state index in [0.29, 0.717) is 0 Å². The molecule has 0 aliphatic heterocycles. The van der Waals surface area contributed by atoms with Crippen LogP contribution in [0, 0.1) is 0 Å². The van der Waals surface area contributed by atoms with Gasteiger partial charge in [-0.2, -0.15) is 60.9 Å². The van der Waals surface area contributed by atoms with Gasteiger partial charge in [0.25, 0.3) is 0 Å². The van der Waals surface area contributed by atoms with E-state index in [4.69, 9.17) is 5.84 Å². The van der Waals surface area contributed by atoms with E-state index < -0.39 is 0 Å². The second kappa shape index (κ2) is 12.5. The van der Waals surface area contributed by atoms with Gasteiger partial charge in [-0.1, -0.05) is 0 Å². The molecule has 86 valence electrons. The quantitative estimate of drug-likeness (QED) is 0.0884. The molecule has 0 aliphatic carbocycles. The van der Waals surface area contributed by atoms with Crippen LogP contribution in [0.4, 0.5) is 0 Å². The Hall–Kier alpha value is -0.520. The number of hydrogen-bond acceptors (Lipinski definition) is 13. The minimum Gasteiger partial charge on any atom is -0.257 e. The summed E-state index contributed by atoms with van der Waals surface area (Å²) in [6.45, 7) is 0. The summed E-state index contributed by atoms with van der Waals surface area (Å²) in [5.74, 6) is 4.87. The van der Waals surface area contributed by atoms with Crippen molar-refractivity contribution in [1.29, 1.82) is 0 Å². The van der Waals surface area contributed by atoms with E-state index in [2.05, 4.69) is 66.3 Å². The van der Waals surface area contributed by atoms with Crippen LogP contribution >= 0.6 is 0 Å². The molecule has 0 radical (unpaired) electrons. The summed E-state index contributed by atoms with van der Waals surface area (Å²) in [5.41, 5.74) is 29.4. The van der Waals surface area contributed by atoms with Gasteiger partial charge in [-0.15, -0.1) is 0 Å². The Kier molecular flexibility index (Phi) is 12.0. The Morgan fingerprint density at radius 3 is 1.29 bits per heavy atom. The van der Waals surface area contributed by atoms with Gasteiger partial charge >= 0.3 is 0 Å². The lowest BCUT2D eigenvalue weighted by atomic mass is 11.5. The normalized spacial score (nSPS) is 10.7. The SMILES string of the molecule is CNNNNNNNNNNNNN. The molecular weight excluding hydrogens is 194 g/mol. The first-order chi connectivity index (χ1) is 6.91. The highest BCUT2D eigenvalue weighted by molar-refractivity contribution is 4.15. The van der Waals surface area contributed by atoms with E-state index in [1.807, 2.05) is 0 Å². The van der Waals surface area contributed by atoms with E-state index in [0.717, 1.165) is 0 Å². The highest BCUT2D eigenvalue weighted by Gasteiger charge is 1.80. The summed E-state index contributed by atoms with van der Waals surface area (Å²) in [6, 6.07) is 0. The van der Waals surface area contributed by atoms with Crippen LogP contribution in [0.1, 0.15) is 0 Å². The van der Waals surface area contributed by atoms with Crippen LogP contribution in [0.25, 0.3) is 0 Å². The highest BCUT2D eigenvalue weighted by atomic mass is 16.0. The molecule has 0 heterocycles.